The van der Waals surface area contributed by atoms with Crippen LogP contribution in [0.3, 0.4) is 0 Å². The fraction of sp³-hybridized carbons (Fsp3) is 1.00. The second-order valence-corrected chi connectivity index (χ2v) is 25.9. The van der Waals surface area contributed by atoms with Crippen LogP contribution in [-0.2, 0) is 19.6 Å². The third-order valence-electron chi connectivity index (χ3n) is 22.4. The molecule has 4 nitrogen and oxygen atoms in total. The lowest BCUT2D eigenvalue weighted by Crippen LogP contribution is -2.61. The summed E-state index contributed by atoms with van der Waals surface area (Å²) in [5.41, 5.74) is 1.87. The molecule has 9 aliphatic rings. The van der Waals surface area contributed by atoms with Crippen LogP contribution in [0.4, 0.5) is 0 Å². The summed E-state index contributed by atoms with van der Waals surface area (Å²) < 4.78 is 0. The lowest BCUT2D eigenvalue weighted by Gasteiger charge is -2.63. The fourth-order valence-corrected chi connectivity index (χ4v) is 19.1. The molecule has 8 saturated carbocycles. The molecule has 0 bridgehead atoms. The summed E-state index contributed by atoms with van der Waals surface area (Å²) in [7, 11) is 0. The molecule has 8 aliphatic carbocycles. The zero-order valence-corrected chi connectivity index (χ0v) is 39.7. The van der Waals surface area contributed by atoms with Crippen molar-refractivity contribution in [3.63, 3.8) is 0 Å². The van der Waals surface area contributed by atoms with Crippen molar-refractivity contribution >= 4 is 0 Å². The van der Waals surface area contributed by atoms with Gasteiger partial charge in [-0.05, 0) is 194 Å². The largest absolute Gasteiger partial charge is 0.234 e. The van der Waals surface area contributed by atoms with Crippen molar-refractivity contribution in [3.05, 3.63) is 0 Å². The summed E-state index contributed by atoms with van der Waals surface area (Å²) in [4.78, 5) is 26.5. The Balaban J connectivity index is 0.795. The van der Waals surface area contributed by atoms with Gasteiger partial charge in [0.15, 0.2) is 0 Å². The Morgan fingerprint density at radius 1 is 0.397 bits per heavy atom. The van der Waals surface area contributed by atoms with E-state index >= 15 is 0 Å². The van der Waals surface area contributed by atoms with Crippen LogP contribution >= 0.6 is 0 Å². The first-order valence-electron chi connectivity index (χ1n) is 26.3. The van der Waals surface area contributed by atoms with E-state index in [1.165, 1.54) is 128 Å². The molecule has 1 heterocycles. The molecule has 1 aliphatic heterocycles. The minimum Gasteiger partial charge on any atom is -0.195 e. The third kappa shape index (κ3) is 7.10. The molecule has 58 heavy (non-hydrogen) atoms. The molecule has 0 N–H and O–H groups in total. The van der Waals surface area contributed by atoms with E-state index in [-0.39, 0.29) is 0 Å². The molecule has 0 aromatic heterocycles. The molecule has 1 saturated heterocycles. The van der Waals surface area contributed by atoms with Crippen molar-refractivity contribution in [1.29, 1.82) is 0 Å². The minimum atomic E-state index is -0.730. The first-order chi connectivity index (χ1) is 27.5. The second-order valence-electron chi connectivity index (χ2n) is 25.9. The fourth-order valence-electron chi connectivity index (χ4n) is 19.1. The summed E-state index contributed by atoms with van der Waals surface area (Å²) in [5.74, 6) is 10.5. The van der Waals surface area contributed by atoms with Gasteiger partial charge < -0.3 is 0 Å². The average molecular weight is 805 g/mol. The number of hydrogen-bond donors (Lipinski definition) is 0. The van der Waals surface area contributed by atoms with Crippen molar-refractivity contribution in [1.82, 2.24) is 0 Å². The summed E-state index contributed by atoms with van der Waals surface area (Å²) >= 11 is 0. The highest BCUT2D eigenvalue weighted by atomic mass is 17.4. The number of fused-ring (bicyclic) bond motifs is 10. The van der Waals surface area contributed by atoms with Crippen molar-refractivity contribution in [2.24, 2.45) is 105 Å². The van der Waals surface area contributed by atoms with Gasteiger partial charge in [0.1, 0.15) is 0 Å². The van der Waals surface area contributed by atoms with Crippen LogP contribution in [0.5, 0.6) is 0 Å². The van der Waals surface area contributed by atoms with Gasteiger partial charge in [0.25, 0.3) is 0 Å². The molecule has 10 unspecified atom stereocenters. The van der Waals surface area contributed by atoms with Gasteiger partial charge in [-0.15, -0.1) is 0 Å². The van der Waals surface area contributed by atoms with E-state index in [9.17, 15) is 0 Å². The van der Waals surface area contributed by atoms with Crippen LogP contribution in [0.2, 0.25) is 0 Å². The minimum absolute atomic E-state index is 0.380. The quantitative estimate of drug-likeness (QED) is 0.206. The van der Waals surface area contributed by atoms with E-state index in [1.54, 1.807) is 0 Å². The smallest absolute Gasteiger partial charge is 0.195 e. The molecule has 0 amide bonds. The summed E-state index contributed by atoms with van der Waals surface area (Å²) in [6, 6.07) is 0. The summed E-state index contributed by atoms with van der Waals surface area (Å²) in [5, 5.41) is 0. The standard InChI is InChI=1S/C54H92O4/c1-35(2)13-11-15-37(5)43-21-23-45-41-19-17-39-33-53(31-29-49(39,7)47(41)25-27-51(43,45)9)55-57-54(58-56-53)32-30-50(8)40(34-54)18-20-42-46-24-22-44(38(6)16-12-14-36(3)4)52(46,10)28-26-48(42)50/h35-48H,11-34H2,1-10H3/t37?,38?,39-,40-,41?,42?,43?,44?,45?,46?,47?,48?,49-,50-,51+,52+,53?,54?/m0/s1. The maximum absolute atomic E-state index is 6.62. The Kier molecular flexibility index (Phi) is 11.8. The van der Waals surface area contributed by atoms with Crippen molar-refractivity contribution in [2.45, 2.75) is 235 Å². The van der Waals surface area contributed by atoms with Gasteiger partial charge in [-0.25, -0.2) is 0 Å². The molecule has 0 aromatic carbocycles. The van der Waals surface area contributed by atoms with E-state index in [2.05, 4.69) is 69.2 Å². The number of hydrogen-bond acceptors (Lipinski definition) is 4. The summed E-state index contributed by atoms with van der Waals surface area (Å²) in [6.07, 6.45) is 31.7. The van der Waals surface area contributed by atoms with Gasteiger partial charge in [0.2, 0.25) is 11.6 Å². The van der Waals surface area contributed by atoms with Gasteiger partial charge in [-0.3, -0.25) is 0 Å². The maximum atomic E-state index is 6.62. The van der Waals surface area contributed by atoms with E-state index in [0.29, 0.717) is 33.5 Å². The highest BCUT2D eigenvalue weighted by molar-refractivity contribution is 5.12. The highest BCUT2D eigenvalue weighted by Gasteiger charge is 2.66. The molecule has 4 heteroatoms. The number of rotatable bonds is 10. The maximum Gasteiger partial charge on any atom is 0.234 e. The average Bonchev–Trinajstić information content (AvgIpc) is 3.73. The molecule has 16 atom stereocenters. The molecule has 9 fully saturated rings. The van der Waals surface area contributed by atoms with E-state index in [0.717, 1.165) is 96.7 Å². The van der Waals surface area contributed by atoms with Gasteiger partial charge >= 0.3 is 0 Å². The zero-order chi connectivity index (χ0) is 40.9. The molecular formula is C54H92O4. The summed E-state index contributed by atoms with van der Waals surface area (Å²) in [6.45, 7) is 25.7. The molecular weight excluding hydrogens is 713 g/mol. The molecule has 0 radical (unpaired) electrons. The molecule has 332 valence electrons. The predicted molar refractivity (Wildman–Crippen MR) is 236 cm³/mol. The Morgan fingerprint density at radius 3 is 1.16 bits per heavy atom. The lowest BCUT2D eigenvalue weighted by molar-refractivity contribution is -0.667. The second kappa shape index (κ2) is 15.8. The van der Waals surface area contributed by atoms with Gasteiger partial charge in [0, 0.05) is 25.7 Å². The monoisotopic (exact) mass is 805 g/mol. The van der Waals surface area contributed by atoms with Crippen LogP contribution in [0.25, 0.3) is 0 Å². The Labute approximate surface area is 357 Å². The van der Waals surface area contributed by atoms with Gasteiger partial charge in [-0.1, -0.05) is 108 Å². The van der Waals surface area contributed by atoms with E-state index in [1.807, 2.05) is 0 Å². The lowest BCUT2D eigenvalue weighted by atomic mass is 9.44. The predicted octanol–water partition coefficient (Wildman–Crippen LogP) is 15.5. The van der Waals surface area contributed by atoms with Crippen molar-refractivity contribution in [2.75, 3.05) is 0 Å². The van der Waals surface area contributed by atoms with Crippen molar-refractivity contribution < 1.29 is 19.6 Å². The van der Waals surface area contributed by atoms with Crippen LogP contribution < -0.4 is 0 Å². The van der Waals surface area contributed by atoms with Crippen molar-refractivity contribution in [3.8, 4) is 0 Å². The van der Waals surface area contributed by atoms with Crippen LogP contribution in [0.15, 0.2) is 0 Å². The molecule has 0 aromatic rings. The Morgan fingerprint density at radius 2 is 0.776 bits per heavy atom. The Bertz CT molecular complexity index is 1330. The van der Waals surface area contributed by atoms with Gasteiger partial charge in [-0.2, -0.15) is 19.6 Å². The first kappa shape index (κ1) is 43.1. The normalized spacial score (nSPS) is 52.1. The van der Waals surface area contributed by atoms with Gasteiger partial charge in [0.05, 0.1) is 0 Å². The third-order valence-corrected chi connectivity index (χ3v) is 22.4. The SMILES string of the molecule is CC(C)CCCC(C)C1CCC2C3CC[C@H]4CC5(CC[C@]4(C)C3CC[C@]12C)OOC1(CC[C@]2(C)C3CC[C@]4(C)C(C(C)CCCC(C)C)CCC4C3CC[C@H]2C1)OO5. The molecule has 2 spiro atoms. The Hall–Kier alpha value is -0.160. The first-order valence-corrected chi connectivity index (χ1v) is 26.3. The van der Waals surface area contributed by atoms with E-state index in [4.69, 9.17) is 19.6 Å². The topological polar surface area (TPSA) is 36.9 Å². The highest BCUT2D eigenvalue weighted by Crippen LogP contribution is 2.72. The molecule has 9 rings (SSSR count). The zero-order valence-electron chi connectivity index (χ0n) is 39.7. The van der Waals surface area contributed by atoms with E-state index < -0.39 is 11.6 Å². The van der Waals surface area contributed by atoms with Crippen LogP contribution in [-0.4, -0.2) is 11.6 Å². The van der Waals surface area contributed by atoms with Crippen LogP contribution in [0.1, 0.15) is 223 Å². The van der Waals surface area contributed by atoms with Crippen LogP contribution in [0, 0.1) is 105 Å².